The summed E-state index contributed by atoms with van der Waals surface area (Å²) in [7, 11) is -2.19. The molecule has 0 aromatic carbocycles. The largest absolute Gasteiger partial charge is 0.481 e. The van der Waals surface area contributed by atoms with Gasteiger partial charge in [-0.2, -0.15) is 5.10 Å². The van der Waals surface area contributed by atoms with Gasteiger partial charge in [-0.1, -0.05) is 0 Å². The van der Waals surface area contributed by atoms with Crippen LogP contribution in [0.4, 0.5) is 5.69 Å². The molecular formula is C12H17N5O3S. The van der Waals surface area contributed by atoms with Crippen molar-refractivity contribution < 1.29 is 13.2 Å². The number of ether oxygens (including phenoxy) is 1. The fourth-order valence-electron chi connectivity index (χ4n) is 1.63. The zero-order valence-electron chi connectivity index (χ0n) is 11.6. The summed E-state index contributed by atoms with van der Waals surface area (Å²) in [5.41, 5.74) is 5.76. The first kappa shape index (κ1) is 15.3. The Morgan fingerprint density at radius 2 is 2.19 bits per heavy atom. The maximum atomic E-state index is 12.2. The second kappa shape index (κ2) is 6.55. The van der Waals surface area contributed by atoms with Gasteiger partial charge in [-0.3, -0.25) is 9.40 Å². The highest BCUT2D eigenvalue weighted by Gasteiger charge is 2.16. The summed E-state index contributed by atoms with van der Waals surface area (Å²) >= 11 is 0. The van der Waals surface area contributed by atoms with Crippen LogP contribution in [0.5, 0.6) is 5.88 Å². The summed E-state index contributed by atoms with van der Waals surface area (Å²) in [5.74, 6) is 0.410. The molecule has 2 aromatic heterocycles. The summed E-state index contributed by atoms with van der Waals surface area (Å²) < 4.78 is 33.3. The highest BCUT2D eigenvalue weighted by Crippen LogP contribution is 2.16. The number of pyridine rings is 1. The highest BCUT2D eigenvalue weighted by atomic mass is 32.2. The molecule has 2 rings (SSSR count). The lowest BCUT2D eigenvalue weighted by Crippen LogP contribution is -2.12. The maximum absolute atomic E-state index is 12.2. The smallest absolute Gasteiger partial charge is 0.265 e. The molecule has 114 valence electrons. The van der Waals surface area contributed by atoms with E-state index in [4.69, 9.17) is 10.5 Å². The summed E-state index contributed by atoms with van der Waals surface area (Å²) in [6, 6.07) is 3.14. The van der Waals surface area contributed by atoms with Gasteiger partial charge >= 0.3 is 0 Å². The monoisotopic (exact) mass is 311 g/mol. The van der Waals surface area contributed by atoms with Gasteiger partial charge in [0.25, 0.3) is 10.0 Å². The molecule has 2 heterocycles. The normalized spacial score (nSPS) is 11.3. The first-order valence-corrected chi connectivity index (χ1v) is 7.79. The summed E-state index contributed by atoms with van der Waals surface area (Å²) in [5, 5.41) is 4.00. The minimum Gasteiger partial charge on any atom is -0.481 e. The van der Waals surface area contributed by atoms with Gasteiger partial charge in [0.2, 0.25) is 5.88 Å². The third kappa shape index (κ3) is 3.92. The van der Waals surface area contributed by atoms with Gasteiger partial charge in [-0.25, -0.2) is 13.4 Å². The lowest BCUT2D eigenvalue weighted by Gasteiger charge is -2.06. The van der Waals surface area contributed by atoms with Gasteiger partial charge in [0.1, 0.15) is 4.90 Å². The minimum absolute atomic E-state index is 0.0929. The summed E-state index contributed by atoms with van der Waals surface area (Å²) in [6.45, 7) is 1.10. The van der Waals surface area contributed by atoms with Crippen molar-refractivity contribution in [2.75, 3.05) is 18.4 Å². The molecule has 0 saturated carbocycles. The molecule has 0 aliphatic heterocycles. The number of nitrogens with zero attached hydrogens (tertiary/aromatic N) is 3. The van der Waals surface area contributed by atoms with Crippen molar-refractivity contribution in [2.24, 2.45) is 5.73 Å². The maximum Gasteiger partial charge on any atom is 0.265 e. The van der Waals surface area contributed by atoms with E-state index in [0.29, 0.717) is 24.7 Å². The van der Waals surface area contributed by atoms with Crippen LogP contribution in [0.2, 0.25) is 0 Å². The quantitative estimate of drug-likeness (QED) is 0.767. The third-order valence-electron chi connectivity index (χ3n) is 2.71. The molecule has 0 amide bonds. The van der Waals surface area contributed by atoms with Gasteiger partial charge in [0, 0.05) is 18.8 Å². The number of nitrogens with one attached hydrogen (secondary N) is 1. The first-order chi connectivity index (χ1) is 10.0. The topological polar surface area (TPSA) is 112 Å². The predicted molar refractivity (Wildman–Crippen MR) is 77.5 cm³/mol. The van der Waals surface area contributed by atoms with Crippen molar-refractivity contribution in [1.29, 1.82) is 0 Å². The average Bonchev–Trinajstić information content (AvgIpc) is 2.95. The summed E-state index contributed by atoms with van der Waals surface area (Å²) in [4.78, 5) is 4.03. The van der Waals surface area contributed by atoms with Crippen LogP contribution in [0.15, 0.2) is 35.6 Å². The molecule has 0 spiro atoms. The van der Waals surface area contributed by atoms with Gasteiger partial charge < -0.3 is 10.5 Å². The van der Waals surface area contributed by atoms with Crippen LogP contribution in [0.3, 0.4) is 0 Å². The molecule has 0 radical (unpaired) electrons. The van der Waals surface area contributed by atoms with E-state index < -0.39 is 10.0 Å². The second-order valence-electron chi connectivity index (χ2n) is 4.28. The zero-order chi connectivity index (χ0) is 15.3. The number of hydrogen-bond donors (Lipinski definition) is 2. The fraction of sp³-hybridized carbons (Fsp3) is 0.333. The van der Waals surface area contributed by atoms with E-state index in [1.165, 1.54) is 25.7 Å². The van der Waals surface area contributed by atoms with Crippen LogP contribution in [-0.4, -0.2) is 36.8 Å². The van der Waals surface area contributed by atoms with Crippen LogP contribution in [0.25, 0.3) is 0 Å². The standard InChI is InChI=1S/C12H17N5O3S/c1-20-12-4-3-10(7-14-12)16-21(18,19)11-8-15-17(9-11)6-2-5-13/h3-4,7-9,16H,2,5-6,13H2,1H3. The Labute approximate surface area is 123 Å². The number of hydrogen-bond acceptors (Lipinski definition) is 6. The van der Waals surface area contributed by atoms with E-state index in [-0.39, 0.29) is 4.90 Å². The van der Waals surface area contributed by atoms with E-state index in [9.17, 15) is 8.42 Å². The Hall–Kier alpha value is -2.13. The highest BCUT2D eigenvalue weighted by molar-refractivity contribution is 7.92. The van der Waals surface area contributed by atoms with Crippen molar-refractivity contribution in [3.05, 3.63) is 30.7 Å². The van der Waals surface area contributed by atoms with Gasteiger partial charge in [-0.05, 0) is 19.0 Å². The number of sulfonamides is 1. The minimum atomic E-state index is -3.68. The van der Waals surface area contributed by atoms with Crippen molar-refractivity contribution in [2.45, 2.75) is 17.9 Å². The lowest BCUT2D eigenvalue weighted by atomic mass is 10.4. The average molecular weight is 311 g/mol. The number of aromatic nitrogens is 3. The lowest BCUT2D eigenvalue weighted by molar-refractivity contribution is 0.398. The van der Waals surface area contributed by atoms with Gasteiger partial charge in [0.05, 0.1) is 25.2 Å². The molecule has 21 heavy (non-hydrogen) atoms. The molecular weight excluding hydrogens is 294 g/mol. The van der Waals surface area contributed by atoms with Crippen molar-refractivity contribution in [3.63, 3.8) is 0 Å². The Morgan fingerprint density at radius 3 is 2.81 bits per heavy atom. The number of aryl methyl sites for hydroxylation is 1. The number of nitrogens with two attached hydrogens (primary N) is 1. The SMILES string of the molecule is COc1ccc(NS(=O)(=O)c2cnn(CCCN)c2)cn1. The van der Waals surface area contributed by atoms with E-state index in [2.05, 4.69) is 14.8 Å². The molecule has 0 saturated heterocycles. The van der Waals surface area contributed by atoms with E-state index in [1.54, 1.807) is 16.8 Å². The van der Waals surface area contributed by atoms with E-state index in [1.807, 2.05) is 0 Å². The zero-order valence-corrected chi connectivity index (χ0v) is 12.4. The van der Waals surface area contributed by atoms with Crippen LogP contribution in [0, 0.1) is 0 Å². The molecule has 2 aromatic rings. The number of anilines is 1. The van der Waals surface area contributed by atoms with Crippen LogP contribution >= 0.6 is 0 Å². The third-order valence-corrected chi connectivity index (χ3v) is 4.04. The number of methoxy groups -OCH3 is 1. The molecule has 0 unspecified atom stereocenters. The van der Waals surface area contributed by atoms with Crippen molar-refractivity contribution in [1.82, 2.24) is 14.8 Å². The molecule has 0 bridgehead atoms. The Balaban J connectivity index is 2.11. The van der Waals surface area contributed by atoms with Crippen LogP contribution in [-0.2, 0) is 16.6 Å². The Morgan fingerprint density at radius 1 is 1.38 bits per heavy atom. The fourth-order valence-corrected chi connectivity index (χ4v) is 2.63. The molecule has 9 heteroatoms. The molecule has 0 atom stereocenters. The molecule has 0 aliphatic rings. The van der Waals surface area contributed by atoms with Gasteiger partial charge in [-0.15, -0.1) is 0 Å². The van der Waals surface area contributed by atoms with E-state index in [0.717, 1.165) is 6.42 Å². The van der Waals surface area contributed by atoms with E-state index >= 15 is 0 Å². The Kier molecular flexibility index (Phi) is 4.76. The molecule has 3 N–H and O–H groups in total. The Bertz CT molecular complexity index is 681. The van der Waals surface area contributed by atoms with Gasteiger partial charge in [0.15, 0.2) is 0 Å². The predicted octanol–water partition coefficient (Wildman–Crippen LogP) is 0.436. The van der Waals surface area contributed by atoms with Crippen molar-refractivity contribution >= 4 is 15.7 Å². The molecule has 0 aliphatic carbocycles. The summed E-state index contributed by atoms with van der Waals surface area (Å²) in [6.07, 6.45) is 4.89. The van der Waals surface area contributed by atoms with Crippen LogP contribution < -0.4 is 15.2 Å². The molecule has 8 nitrogen and oxygen atoms in total. The van der Waals surface area contributed by atoms with Crippen molar-refractivity contribution in [3.8, 4) is 5.88 Å². The second-order valence-corrected chi connectivity index (χ2v) is 5.96. The molecule has 0 fully saturated rings. The first-order valence-electron chi connectivity index (χ1n) is 6.30. The number of rotatable bonds is 7. The van der Waals surface area contributed by atoms with Crippen LogP contribution in [0.1, 0.15) is 6.42 Å².